The predicted molar refractivity (Wildman–Crippen MR) is 137 cm³/mol. The summed E-state index contributed by atoms with van der Waals surface area (Å²) in [4.78, 5) is 4.08. The van der Waals surface area contributed by atoms with Crippen molar-refractivity contribution in [2.75, 3.05) is 0 Å². The minimum absolute atomic E-state index is 0.223. The number of hydrogen-bond acceptors (Lipinski definition) is 1. The highest BCUT2D eigenvalue weighted by Gasteiger charge is 2.20. The standard InChI is InChI=1S/C20H19Cl.C10H9N/c1-2-14-16-9-10-17-15-6-4-3-5-13(15)7-8-18(17)19(16)11-12-20(14)21;1-2-4-10-6-8-11-7-5-9(10)3-1/h3-7,9-10,20H,2,8,11-12H2,1H3;1-5,7-8H,6H2. The summed E-state index contributed by atoms with van der Waals surface area (Å²) in [6.07, 6.45) is 13.4. The van der Waals surface area contributed by atoms with Crippen LogP contribution in [0.1, 0.15) is 42.0 Å². The molecule has 1 aliphatic heterocycles. The zero-order valence-electron chi connectivity index (χ0n) is 18.5. The highest BCUT2D eigenvalue weighted by molar-refractivity contribution is 6.25. The Morgan fingerprint density at radius 1 is 0.875 bits per heavy atom. The second kappa shape index (κ2) is 9.30. The van der Waals surface area contributed by atoms with E-state index in [1.807, 2.05) is 18.5 Å². The third-order valence-electron chi connectivity index (χ3n) is 6.77. The number of nitrogens with zero attached hydrogens (tertiary/aromatic N) is 1. The third-order valence-corrected chi connectivity index (χ3v) is 7.25. The molecule has 0 saturated heterocycles. The predicted octanol–water partition coefficient (Wildman–Crippen LogP) is 5.71. The molecule has 0 spiro atoms. The number of rotatable bonds is 1. The van der Waals surface area contributed by atoms with Crippen LogP contribution in [0.5, 0.6) is 0 Å². The second-order valence-electron chi connectivity index (χ2n) is 8.55. The zero-order valence-corrected chi connectivity index (χ0v) is 19.3. The van der Waals surface area contributed by atoms with Crippen LogP contribution < -0.4 is 10.4 Å². The molecule has 1 atom stereocenters. The first-order valence-electron chi connectivity index (χ1n) is 11.6. The molecule has 0 amide bonds. The van der Waals surface area contributed by atoms with Crippen molar-refractivity contribution in [1.82, 2.24) is 0 Å². The van der Waals surface area contributed by atoms with Gasteiger partial charge in [-0.3, -0.25) is 4.99 Å². The number of hydrogen-bond donors (Lipinski definition) is 0. The molecular formula is C30H28ClN. The summed E-state index contributed by atoms with van der Waals surface area (Å²) in [6.45, 7) is 2.22. The molecule has 0 N–H and O–H groups in total. The van der Waals surface area contributed by atoms with Gasteiger partial charge in [-0.1, -0.05) is 73.7 Å². The summed E-state index contributed by atoms with van der Waals surface area (Å²) in [5, 5.41) is 5.83. The number of benzene rings is 3. The Hall–Kier alpha value is -2.90. The van der Waals surface area contributed by atoms with E-state index in [4.69, 9.17) is 11.6 Å². The number of fused-ring (bicyclic) bond motifs is 5. The molecule has 0 fully saturated rings. The zero-order chi connectivity index (χ0) is 21.9. The van der Waals surface area contributed by atoms with E-state index >= 15 is 0 Å². The second-order valence-corrected chi connectivity index (χ2v) is 9.08. The summed E-state index contributed by atoms with van der Waals surface area (Å²) in [5.41, 5.74) is 7.14. The van der Waals surface area contributed by atoms with Crippen LogP contribution in [-0.4, -0.2) is 11.6 Å². The highest BCUT2D eigenvalue weighted by atomic mass is 35.5. The first kappa shape index (κ1) is 21.0. The first-order valence-corrected chi connectivity index (χ1v) is 12.0. The van der Waals surface area contributed by atoms with Gasteiger partial charge in [0, 0.05) is 18.8 Å². The van der Waals surface area contributed by atoms with Gasteiger partial charge >= 0.3 is 0 Å². The molecule has 2 aliphatic carbocycles. The molecule has 1 heterocycles. The van der Waals surface area contributed by atoms with Gasteiger partial charge in [0.25, 0.3) is 0 Å². The average Bonchev–Trinajstić information content (AvgIpc) is 3.09. The molecular weight excluding hydrogens is 410 g/mol. The lowest BCUT2D eigenvalue weighted by Crippen LogP contribution is -2.27. The fourth-order valence-corrected chi connectivity index (χ4v) is 5.52. The Morgan fingerprint density at radius 2 is 1.69 bits per heavy atom. The van der Waals surface area contributed by atoms with Gasteiger partial charge in [0.1, 0.15) is 0 Å². The maximum atomic E-state index is 6.53. The van der Waals surface area contributed by atoms with Crippen molar-refractivity contribution in [2.24, 2.45) is 4.99 Å². The lowest BCUT2D eigenvalue weighted by atomic mass is 9.85. The minimum atomic E-state index is 0.223. The summed E-state index contributed by atoms with van der Waals surface area (Å²) in [6, 6.07) is 21.7. The third kappa shape index (κ3) is 3.98. The Bertz CT molecular complexity index is 1430. The van der Waals surface area contributed by atoms with Crippen molar-refractivity contribution in [3.8, 4) is 0 Å². The molecule has 2 heteroatoms. The summed E-state index contributed by atoms with van der Waals surface area (Å²) >= 11 is 6.53. The van der Waals surface area contributed by atoms with Crippen LogP contribution in [0.4, 0.5) is 0 Å². The Kier molecular flexibility index (Phi) is 6.10. The van der Waals surface area contributed by atoms with E-state index in [0.29, 0.717) is 0 Å². The summed E-state index contributed by atoms with van der Waals surface area (Å²) in [5.74, 6) is 0. The van der Waals surface area contributed by atoms with Crippen molar-refractivity contribution in [2.45, 2.75) is 44.4 Å². The van der Waals surface area contributed by atoms with Crippen molar-refractivity contribution in [3.05, 3.63) is 110 Å². The van der Waals surface area contributed by atoms with Gasteiger partial charge in [-0.25, -0.2) is 0 Å². The van der Waals surface area contributed by atoms with Crippen molar-refractivity contribution in [1.29, 1.82) is 0 Å². The monoisotopic (exact) mass is 437 g/mol. The summed E-state index contributed by atoms with van der Waals surface area (Å²) in [7, 11) is 0. The fourth-order valence-electron chi connectivity index (χ4n) is 5.14. The largest absolute Gasteiger partial charge is 0.269 e. The topological polar surface area (TPSA) is 12.4 Å². The van der Waals surface area contributed by atoms with Crippen molar-refractivity contribution < 1.29 is 0 Å². The Morgan fingerprint density at radius 3 is 2.59 bits per heavy atom. The van der Waals surface area contributed by atoms with E-state index in [1.54, 1.807) is 5.56 Å². The van der Waals surface area contributed by atoms with Gasteiger partial charge in [-0.15, -0.1) is 11.6 Å². The van der Waals surface area contributed by atoms with E-state index in [2.05, 4.69) is 78.7 Å². The molecule has 0 saturated carbocycles. The lowest BCUT2D eigenvalue weighted by molar-refractivity contribution is 0.797. The van der Waals surface area contributed by atoms with E-state index < -0.39 is 0 Å². The van der Waals surface area contributed by atoms with Gasteiger partial charge in [0.05, 0.1) is 5.38 Å². The van der Waals surface area contributed by atoms with E-state index in [9.17, 15) is 0 Å². The molecule has 0 bridgehead atoms. The maximum absolute atomic E-state index is 6.53. The van der Waals surface area contributed by atoms with E-state index in [0.717, 1.165) is 32.1 Å². The molecule has 32 heavy (non-hydrogen) atoms. The number of aliphatic imine (C=N–C) groups is 1. The van der Waals surface area contributed by atoms with Crippen LogP contribution >= 0.6 is 11.6 Å². The summed E-state index contributed by atoms with van der Waals surface area (Å²) < 4.78 is 0. The van der Waals surface area contributed by atoms with Gasteiger partial charge in [-0.05, 0) is 80.5 Å². The van der Waals surface area contributed by atoms with Crippen LogP contribution in [0.3, 0.4) is 0 Å². The van der Waals surface area contributed by atoms with Crippen molar-refractivity contribution in [3.63, 3.8) is 0 Å². The first-order chi connectivity index (χ1) is 15.8. The van der Waals surface area contributed by atoms with Gasteiger partial charge in [0.2, 0.25) is 0 Å². The minimum Gasteiger partial charge on any atom is -0.269 e. The van der Waals surface area contributed by atoms with Crippen LogP contribution in [0.15, 0.2) is 71.9 Å². The molecule has 160 valence electrons. The molecule has 0 radical (unpaired) electrons. The molecule has 6 rings (SSSR count). The molecule has 3 aromatic rings. The maximum Gasteiger partial charge on any atom is 0.0557 e. The normalized spacial score (nSPS) is 17.6. The van der Waals surface area contributed by atoms with Gasteiger partial charge < -0.3 is 0 Å². The molecule has 3 aromatic carbocycles. The van der Waals surface area contributed by atoms with Crippen LogP contribution in [0, 0.1) is 10.4 Å². The smallest absolute Gasteiger partial charge is 0.0557 e. The van der Waals surface area contributed by atoms with Crippen LogP contribution in [0.2, 0.25) is 0 Å². The number of halogens is 1. The Labute approximate surface area is 194 Å². The lowest BCUT2D eigenvalue weighted by Gasteiger charge is -2.23. The average molecular weight is 438 g/mol. The molecule has 1 unspecified atom stereocenters. The van der Waals surface area contributed by atoms with Gasteiger partial charge in [0.15, 0.2) is 0 Å². The fraction of sp³-hybridized carbons (Fsp3) is 0.233. The molecule has 0 aromatic heterocycles. The van der Waals surface area contributed by atoms with Crippen LogP contribution in [0.25, 0.3) is 17.7 Å². The quantitative estimate of drug-likeness (QED) is 0.432. The Balaban J connectivity index is 0.000000165. The van der Waals surface area contributed by atoms with Crippen LogP contribution in [-0.2, 0) is 19.3 Å². The van der Waals surface area contributed by atoms with E-state index in [-0.39, 0.29) is 5.38 Å². The van der Waals surface area contributed by atoms with Gasteiger partial charge in [-0.2, -0.15) is 0 Å². The van der Waals surface area contributed by atoms with Crippen molar-refractivity contribution >= 4 is 35.5 Å². The molecule has 3 aliphatic rings. The SMILES string of the molecule is C1=Cc2ccccc2CC=N1.CCC1=c2ccc3c(c2CCC1Cl)CC=c1ccccc1=3. The molecule has 1 nitrogen and oxygen atoms in total. The van der Waals surface area contributed by atoms with E-state index in [1.165, 1.54) is 43.1 Å². The highest BCUT2D eigenvalue weighted by Crippen LogP contribution is 2.26. The number of alkyl halides is 1.